The highest BCUT2D eigenvalue weighted by Crippen LogP contribution is 2.32. The van der Waals surface area contributed by atoms with Crippen molar-refractivity contribution in [3.8, 4) is 0 Å². The van der Waals surface area contributed by atoms with Gasteiger partial charge in [0.15, 0.2) is 0 Å². The molecule has 23 heavy (non-hydrogen) atoms. The molecule has 0 fully saturated rings. The molecule has 0 spiro atoms. The Balaban J connectivity index is 2.22. The minimum atomic E-state index is -0.829. The lowest BCUT2D eigenvalue weighted by molar-refractivity contribution is -0.139. The summed E-state index contributed by atoms with van der Waals surface area (Å²) in [4.78, 5) is 16.4. The summed E-state index contributed by atoms with van der Waals surface area (Å²) in [6, 6.07) is 15.0. The van der Waals surface area contributed by atoms with Crippen molar-refractivity contribution in [1.29, 1.82) is 0 Å². The normalized spacial score (nSPS) is 13.8. The van der Waals surface area contributed by atoms with Crippen molar-refractivity contribution in [2.75, 3.05) is 5.32 Å². The number of anilines is 1. The SMILES string of the molecule is CCC(C)[C@@H](Nc1c2ccccc2nc2ccccc12)C(=O)O. The summed E-state index contributed by atoms with van der Waals surface area (Å²) < 4.78 is 0. The first-order chi connectivity index (χ1) is 11.1. The van der Waals surface area contributed by atoms with Crippen LogP contribution in [0.3, 0.4) is 0 Å². The van der Waals surface area contributed by atoms with Gasteiger partial charge in [0.25, 0.3) is 0 Å². The third-order valence-corrected chi connectivity index (χ3v) is 4.37. The van der Waals surface area contributed by atoms with Gasteiger partial charge >= 0.3 is 5.97 Å². The Morgan fingerprint density at radius 1 is 1.09 bits per heavy atom. The van der Waals surface area contributed by atoms with Gasteiger partial charge in [-0.3, -0.25) is 0 Å². The van der Waals surface area contributed by atoms with E-state index in [1.54, 1.807) is 0 Å². The third kappa shape index (κ3) is 2.84. The lowest BCUT2D eigenvalue weighted by Gasteiger charge is -2.23. The van der Waals surface area contributed by atoms with E-state index in [1.165, 1.54) is 0 Å². The number of fused-ring (bicyclic) bond motifs is 2. The average Bonchev–Trinajstić information content (AvgIpc) is 2.57. The molecule has 0 amide bonds. The number of nitrogens with one attached hydrogen (secondary N) is 1. The van der Waals surface area contributed by atoms with Gasteiger partial charge in [-0.2, -0.15) is 0 Å². The molecule has 0 aliphatic rings. The lowest BCUT2D eigenvalue weighted by Crippen LogP contribution is -2.35. The summed E-state index contributed by atoms with van der Waals surface area (Å²) in [6.07, 6.45) is 0.797. The number of carboxylic acids is 1. The minimum Gasteiger partial charge on any atom is -0.480 e. The van der Waals surface area contributed by atoms with Gasteiger partial charge in [0.1, 0.15) is 6.04 Å². The number of aromatic nitrogens is 1. The molecule has 3 rings (SSSR count). The maximum Gasteiger partial charge on any atom is 0.326 e. The van der Waals surface area contributed by atoms with Gasteiger partial charge in [-0.25, -0.2) is 9.78 Å². The summed E-state index contributed by atoms with van der Waals surface area (Å²) in [7, 11) is 0. The number of rotatable bonds is 5. The monoisotopic (exact) mass is 308 g/mol. The maximum atomic E-state index is 11.7. The van der Waals surface area contributed by atoms with Gasteiger partial charge in [0, 0.05) is 10.8 Å². The maximum absolute atomic E-state index is 11.7. The topological polar surface area (TPSA) is 62.2 Å². The van der Waals surface area contributed by atoms with Crippen LogP contribution in [0.15, 0.2) is 48.5 Å². The van der Waals surface area contributed by atoms with Gasteiger partial charge in [-0.1, -0.05) is 56.7 Å². The smallest absolute Gasteiger partial charge is 0.326 e. The molecule has 0 radical (unpaired) electrons. The van der Waals surface area contributed by atoms with E-state index in [0.717, 1.165) is 33.9 Å². The molecule has 4 nitrogen and oxygen atoms in total. The molecule has 3 aromatic rings. The number of carboxylic acid groups (broad SMARTS) is 1. The van der Waals surface area contributed by atoms with E-state index in [9.17, 15) is 9.90 Å². The second-order valence-corrected chi connectivity index (χ2v) is 5.87. The zero-order valence-corrected chi connectivity index (χ0v) is 13.3. The van der Waals surface area contributed by atoms with E-state index in [-0.39, 0.29) is 5.92 Å². The van der Waals surface area contributed by atoms with Gasteiger partial charge in [0.2, 0.25) is 0 Å². The van der Waals surface area contributed by atoms with Crippen molar-refractivity contribution in [2.45, 2.75) is 26.3 Å². The number of benzene rings is 2. The van der Waals surface area contributed by atoms with Crippen molar-refractivity contribution in [3.63, 3.8) is 0 Å². The summed E-state index contributed by atoms with van der Waals surface area (Å²) in [6.45, 7) is 3.96. The average molecular weight is 308 g/mol. The Kier molecular flexibility index (Phi) is 4.15. The van der Waals surface area contributed by atoms with Crippen LogP contribution >= 0.6 is 0 Å². The van der Waals surface area contributed by atoms with Crippen LogP contribution in [0.2, 0.25) is 0 Å². The van der Waals surface area contributed by atoms with Crippen LogP contribution < -0.4 is 5.32 Å². The largest absolute Gasteiger partial charge is 0.480 e. The van der Waals surface area contributed by atoms with E-state index in [4.69, 9.17) is 0 Å². The molecular formula is C19H20N2O2. The zero-order valence-electron chi connectivity index (χ0n) is 13.3. The van der Waals surface area contributed by atoms with Crippen LogP contribution in [0.1, 0.15) is 20.3 Å². The molecule has 0 bridgehead atoms. The van der Waals surface area contributed by atoms with Crippen molar-refractivity contribution in [3.05, 3.63) is 48.5 Å². The van der Waals surface area contributed by atoms with Gasteiger partial charge < -0.3 is 10.4 Å². The Hall–Kier alpha value is -2.62. The number of hydrogen-bond acceptors (Lipinski definition) is 3. The van der Waals surface area contributed by atoms with E-state index >= 15 is 0 Å². The Morgan fingerprint density at radius 3 is 2.09 bits per heavy atom. The van der Waals surface area contributed by atoms with E-state index in [1.807, 2.05) is 62.4 Å². The summed E-state index contributed by atoms with van der Waals surface area (Å²) in [5.41, 5.74) is 2.57. The standard InChI is InChI=1S/C19H20N2O2/c1-3-12(2)17(19(22)23)21-18-13-8-4-6-10-15(13)20-16-11-7-5-9-14(16)18/h4-12,17H,3H2,1-2H3,(H,20,21)(H,22,23)/t12?,17-/m1/s1. The van der Waals surface area contributed by atoms with Crippen LogP contribution in [0.4, 0.5) is 5.69 Å². The Labute approximate surface area is 135 Å². The van der Waals surface area contributed by atoms with Gasteiger partial charge in [-0.05, 0) is 18.1 Å². The Bertz CT molecular complexity index is 806. The van der Waals surface area contributed by atoms with Crippen LogP contribution in [0.5, 0.6) is 0 Å². The Morgan fingerprint density at radius 2 is 1.61 bits per heavy atom. The van der Waals surface area contributed by atoms with Crippen molar-refractivity contribution >= 4 is 33.5 Å². The number of nitrogens with zero attached hydrogens (tertiary/aromatic N) is 1. The van der Waals surface area contributed by atoms with Gasteiger partial charge in [0.05, 0.1) is 16.7 Å². The molecule has 1 heterocycles. The van der Waals surface area contributed by atoms with Gasteiger partial charge in [-0.15, -0.1) is 0 Å². The van der Waals surface area contributed by atoms with Crippen LogP contribution in [0.25, 0.3) is 21.8 Å². The second-order valence-electron chi connectivity index (χ2n) is 5.87. The van der Waals surface area contributed by atoms with E-state index < -0.39 is 12.0 Å². The first-order valence-corrected chi connectivity index (χ1v) is 7.88. The summed E-state index contributed by atoms with van der Waals surface area (Å²) >= 11 is 0. The zero-order chi connectivity index (χ0) is 16.4. The fraction of sp³-hybridized carbons (Fsp3) is 0.263. The third-order valence-electron chi connectivity index (χ3n) is 4.37. The lowest BCUT2D eigenvalue weighted by atomic mass is 9.98. The van der Waals surface area contributed by atoms with Crippen LogP contribution in [-0.2, 0) is 4.79 Å². The second kappa shape index (κ2) is 6.24. The molecule has 2 aromatic carbocycles. The summed E-state index contributed by atoms with van der Waals surface area (Å²) in [5.74, 6) is -0.803. The predicted octanol–water partition coefficient (Wildman–Crippen LogP) is 4.30. The molecule has 1 aromatic heterocycles. The number of carbonyl (C=O) groups is 1. The minimum absolute atomic E-state index is 0.0261. The molecule has 118 valence electrons. The number of hydrogen-bond donors (Lipinski definition) is 2. The fourth-order valence-electron chi connectivity index (χ4n) is 2.83. The van der Waals surface area contributed by atoms with E-state index in [2.05, 4.69) is 10.3 Å². The van der Waals surface area contributed by atoms with Crippen molar-refractivity contribution in [1.82, 2.24) is 4.98 Å². The first kappa shape index (κ1) is 15.3. The number of aliphatic carboxylic acids is 1. The summed E-state index contributed by atoms with van der Waals surface area (Å²) in [5, 5.41) is 14.8. The highest BCUT2D eigenvalue weighted by atomic mass is 16.4. The predicted molar refractivity (Wildman–Crippen MR) is 93.8 cm³/mol. The van der Waals surface area contributed by atoms with Crippen LogP contribution in [0, 0.1) is 5.92 Å². The molecular weight excluding hydrogens is 288 g/mol. The van der Waals surface area contributed by atoms with Crippen molar-refractivity contribution < 1.29 is 9.90 Å². The fourth-order valence-corrected chi connectivity index (χ4v) is 2.83. The quantitative estimate of drug-likeness (QED) is 0.690. The molecule has 1 unspecified atom stereocenters. The number of para-hydroxylation sites is 2. The molecule has 0 saturated heterocycles. The molecule has 4 heteroatoms. The number of pyridine rings is 1. The highest BCUT2D eigenvalue weighted by molar-refractivity contribution is 6.08. The highest BCUT2D eigenvalue weighted by Gasteiger charge is 2.24. The van der Waals surface area contributed by atoms with Crippen LogP contribution in [-0.4, -0.2) is 22.1 Å². The molecule has 2 N–H and O–H groups in total. The molecule has 0 aliphatic heterocycles. The molecule has 0 aliphatic carbocycles. The van der Waals surface area contributed by atoms with Crippen molar-refractivity contribution in [2.24, 2.45) is 5.92 Å². The van der Waals surface area contributed by atoms with E-state index in [0.29, 0.717) is 0 Å². The molecule has 0 saturated carbocycles. The first-order valence-electron chi connectivity index (χ1n) is 7.88. The molecule has 2 atom stereocenters.